The molecule has 0 aromatic carbocycles. The highest BCUT2D eigenvalue weighted by Crippen LogP contribution is 2.17. The average molecular weight is 208 g/mol. The van der Waals surface area contributed by atoms with Crippen molar-refractivity contribution in [2.24, 2.45) is 13.0 Å². The van der Waals surface area contributed by atoms with Crippen molar-refractivity contribution in [3.05, 3.63) is 17.5 Å². The second kappa shape index (κ2) is 5.10. The van der Waals surface area contributed by atoms with Gasteiger partial charge in [-0.05, 0) is 12.8 Å². The summed E-state index contributed by atoms with van der Waals surface area (Å²) in [7, 11) is 1.86. The van der Waals surface area contributed by atoms with Gasteiger partial charge in [-0.2, -0.15) is 5.10 Å². The third-order valence-corrected chi connectivity index (χ3v) is 3.16. The normalized spacial score (nSPS) is 11.0. The van der Waals surface area contributed by atoms with Gasteiger partial charge in [-0.25, -0.2) is 0 Å². The van der Waals surface area contributed by atoms with Crippen molar-refractivity contribution in [2.45, 2.75) is 40.0 Å². The van der Waals surface area contributed by atoms with E-state index < -0.39 is 0 Å². The first-order valence-electron chi connectivity index (χ1n) is 5.61. The molecule has 15 heavy (non-hydrogen) atoms. The maximum absolute atomic E-state index is 12.0. The lowest BCUT2D eigenvalue weighted by Crippen LogP contribution is -2.08. The topological polar surface area (TPSA) is 34.9 Å². The summed E-state index contributed by atoms with van der Waals surface area (Å²) in [6.45, 7) is 6.21. The van der Waals surface area contributed by atoms with Crippen LogP contribution in [-0.2, 0) is 7.05 Å². The molecule has 1 heterocycles. The molecule has 0 aliphatic heterocycles. The number of carbonyl (C=O) groups is 1. The molecule has 0 radical (unpaired) electrons. The van der Waals surface area contributed by atoms with E-state index in [1.165, 1.54) is 0 Å². The van der Waals surface area contributed by atoms with Crippen LogP contribution in [0.2, 0.25) is 0 Å². The van der Waals surface area contributed by atoms with Crippen LogP contribution in [-0.4, -0.2) is 15.6 Å². The largest absolute Gasteiger partial charge is 0.294 e. The second-order valence-corrected chi connectivity index (χ2v) is 4.08. The molecule has 0 aliphatic rings. The first-order chi connectivity index (χ1) is 7.10. The van der Waals surface area contributed by atoms with Crippen molar-refractivity contribution in [2.75, 3.05) is 0 Å². The lowest BCUT2D eigenvalue weighted by molar-refractivity contribution is 0.0958. The summed E-state index contributed by atoms with van der Waals surface area (Å²) in [6.07, 6.45) is 4.47. The Morgan fingerprint density at radius 2 is 2.07 bits per heavy atom. The Bertz CT molecular complexity index is 337. The van der Waals surface area contributed by atoms with E-state index in [4.69, 9.17) is 0 Å². The smallest absolute Gasteiger partial charge is 0.166 e. The molecule has 0 amide bonds. The van der Waals surface area contributed by atoms with Crippen LogP contribution >= 0.6 is 0 Å². The molecule has 0 atom stereocenters. The standard InChI is InChI=1S/C12H20N2O/c1-5-10(6-2)7-12(15)11-8-13-14(4)9(11)3/h8,10H,5-7H2,1-4H3. The molecular weight excluding hydrogens is 188 g/mol. The number of aryl methyl sites for hydroxylation is 1. The van der Waals surface area contributed by atoms with Gasteiger partial charge in [-0.3, -0.25) is 9.48 Å². The lowest BCUT2D eigenvalue weighted by atomic mass is 9.94. The van der Waals surface area contributed by atoms with Crippen molar-refractivity contribution in [3.63, 3.8) is 0 Å². The van der Waals surface area contributed by atoms with E-state index in [9.17, 15) is 4.79 Å². The Balaban J connectivity index is 2.73. The molecule has 1 aromatic rings. The Morgan fingerprint density at radius 3 is 2.47 bits per heavy atom. The van der Waals surface area contributed by atoms with Gasteiger partial charge in [-0.1, -0.05) is 26.7 Å². The van der Waals surface area contributed by atoms with Crippen LogP contribution in [0.15, 0.2) is 6.20 Å². The zero-order valence-corrected chi connectivity index (χ0v) is 10.1. The van der Waals surface area contributed by atoms with Gasteiger partial charge in [0, 0.05) is 19.2 Å². The van der Waals surface area contributed by atoms with Gasteiger partial charge in [0.2, 0.25) is 0 Å². The molecule has 0 spiro atoms. The van der Waals surface area contributed by atoms with Gasteiger partial charge in [0.15, 0.2) is 5.78 Å². The van der Waals surface area contributed by atoms with Gasteiger partial charge in [0.05, 0.1) is 11.8 Å². The Hall–Kier alpha value is -1.12. The zero-order valence-electron chi connectivity index (χ0n) is 10.1. The number of hydrogen-bond acceptors (Lipinski definition) is 2. The van der Waals surface area contributed by atoms with Crippen LogP contribution in [0.4, 0.5) is 0 Å². The fraction of sp³-hybridized carbons (Fsp3) is 0.667. The summed E-state index contributed by atoms with van der Waals surface area (Å²) in [5, 5.41) is 4.09. The minimum atomic E-state index is 0.231. The molecule has 0 aliphatic carbocycles. The van der Waals surface area contributed by atoms with E-state index in [0.717, 1.165) is 24.1 Å². The van der Waals surface area contributed by atoms with Crippen molar-refractivity contribution < 1.29 is 4.79 Å². The van der Waals surface area contributed by atoms with E-state index in [1.807, 2.05) is 14.0 Å². The van der Waals surface area contributed by atoms with E-state index in [1.54, 1.807) is 10.9 Å². The number of nitrogens with zero attached hydrogens (tertiary/aromatic N) is 2. The summed E-state index contributed by atoms with van der Waals surface area (Å²) < 4.78 is 1.75. The summed E-state index contributed by atoms with van der Waals surface area (Å²) in [5.74, 6) is 0.742. The minimum absolute atomic E-state index is 0.231. The third kappa shape index (κ3) is 2.67. The highest BCUT2D eigenvalue weighted by Gasteiger charge is 2.16. The monoisotopic (exact) mass is 208 g/mol. The molecule has 3 nitrogen and oxygen atoms in total. The van der Waals surface area contributed by atoms with Crippen LogP contribution in [0.3, 0.4) is 0 Å². The van der Waals surface area contributed by atoms with Gasteiger partial charge in [0.1, 0.15) is 0 Å². The predicted molar refractivity (Wildman–Crippen MR) is 61.0 cm³/mol. The van der Waals surface area contributed by atoms with Crippen LogP contribution in [0.1, 0.15) is 49.2 Å². The Morgan fingerprint density at radius 1 is 1.47 bits per heavy atom. The summed E-state index contributed by atoms with van der Waals surface area (Å²) >= 11 is 0. The fourth-order valence-corrected chi connectivity index (χ4v) is 1.72. The second-order valence-electron chi connectivity index (χ2n) is 4.08. The molecule has 1 aromatic heterocycles. The molecule has 0 saturated heterocycles. The summed E-state index contributed by atoms with van der Waals surface area (Å²) in [6, 6.07) is 0. The maximum Gasteiger partial charge on any atom is 0.166 e. The van der Waals surface area contributed by atoms with Crippen LogP contribution in [0, 0.1) is 12.8 Å². The van der Waals surface area contributed by atoms with Gasteiger partial charge in [-0.15, -0.1) is 0 Å². The molecule has 0 saturated carbocycles. The van der Waals surface area contributed by atoms with Crippen LogP contribution in [0.25, 0.3) is 0 Å². The number of Topliss-reactive ketones (excluding diaryl/α,β-unsaturated/α-hetero) is 1. The van der Waals surface area contributed by atoms with Crippen molar-refractivity contribution >= 4 is 5.78 Å². The van der Waals surface area contributed by atoms with Crippen molar-refractivity contribution in [3.8, 4) is 0 Å². The first-order valence-corrected chi connectivity index (χ1v) is 5.61. The molecule has 0 unspecified atom stereocenters. The van der Waals surface area contributed by atoms with Crippen LogP contribution < -0.4 is 0 Å². The molecule has 0 N–H and O–H groups in total. The number of rotatable bonds is 5. The highest BCUT2D eigenvalue weighted by atomic mass is 16.1. The van der Waals surface area contributed by atoms with Crippen molar-refractivity contribution in [1.82, 2.24) is 9.78 Å². The average Bonchev–Trinajstić information content (AvgIpc) is 2.56. The molecule has 3 heteroatoms. The van der Waals surface area contributed by atoms with E-state index in [2.05, 4.69) is 18.9 Å². The third-order valence-electron chi connectivity index (χ3n) is 3.16. The quantitative estimate of drug-likeness (QED) is 0.697. The lowest BCUT2D eigenvalue weighted by Gasteiger charge is -2.10. The van der Waals surface area contributed by atoms with Gasteiger partial charge >= 0.3 is 0 Å². The maximum atomic E-state index is 12.0. The van der Waals surface area contributed by atoms with E-state index in [0.29, 0.717) is 12.3 Å². The van der Waals surface area contributed by atoms with Crippen molar-refractivity contribution in [1.29, 1.82) is 0 Å². The van der Waals surface area contributed by atoms with E-state index in [-0.39, 0.29) is 5.78 Å². The molecule has 84 valence electrons. The number of ketones is 1. The first kappa shape index (κ1) is 12.0. The minimum Gasteiger partial charge on any atom is -0.294 e. The molecular formula is C12H20N2O. The SMILES string of the molecule is CCC(CC)CC(=O)c1cnn(C)c1C. The Kier molecular flexibility index (Phi) is 4.06. The van der Waals surface area contributed by atoms with Gasteiger partial charge < -0.3 is 0 Å². The number of aromatic nitrogens is 2. The number of hydrogen-bond donors (Lipinski definition) is 0. The number of carbonyl (C=O) groups excluding carboxylic acids is 1. The zero-order chi connectivity index (χ0) is 11.4. The summed E-state index contributed by atoms with van der Waals surface area (Å²) in [5.41, 5.74) is 1.75. The predicted octanol–water partition coefficient (Wildman–Crippen LogP) is 2.74. The van der Waals surface area contributed by atoms with Gasteiger partial charge in [0.25, 0.3) is 0 Å². The molecule has 1 rings (SSSR count). The van der Waals surface area contributed by atoms with Crippen LogP contribution in [0.5, 0.6) is 0 Å². The van der Waals surface area contributed by atoms with E-state index >= 15 is 0 Å². The molecule has 0 fully saturated rings. The fourth-order valence-electron chi connectivity index (χ4n) is 1.72. The molecule has 0 bridgehead atoms. The Labute approximate surface area is 91.5 Å². The summed E-state index contributed by atoms with van der Waals surface area (Å²) in [4.78, 5) is 12.0. The highest BCUT2D eigenvalue weighted by molar-refractivity contribution is 5.97.